The van der Waals surface area contributed by atoms with Gasteiger partial charge in [0.2, 0.25) is 0 Å². The van der Waals surface area contributed by atoms with Crippen molar-refractivity contribution in [1.82, 2.24) is 0 Å². The number of allylic oxidation sites excluding steroid dienone is 4. The van der Waals surface area contributed by atoms with Gasteiger partial charge >= 0.3 is 0 Å². The van der Waals surface area contributed by atoms with Gasteiger partial charge in [-0.05, 0) is 45.7 Å². The Hall–Kier alpha value is -3.33. The van der Waals surface area contributed by atoms with Crippen molar-refractivity contribution in [2.75, 3.05) is 0 Å². The third kappa shape index (κ3) is 2.70. The van der Waals surface area contributed by atoms with Crippen LogP contribution in [0.5, 0.6) is 0 Å². The number of carbonyl (C=O) groups excluding carboxylic acids is 3. The Morgan fingerprint density at radius 1 is 0.640 bits per heavy atom. The van der Waals surface area contributed by atoms with Crippen molar-refractivity contribution in [2.45, 2.75) is 6.42 Å². The molecule has 0 saturated carbocycles. The number of carbonyl (C=O) groups is 3. The van der Waals surface area contributed by atoms with Gasteiger partial charge in [0.15, 0.2) is 17.3 Å². The van der Waals surface area contributed by atoms with Crippen LogP contribution < -0.4 is 5.22 Å². The number of hydrogen-bond donors (Lipinski definition) is 0. The van der Waals surface area contributed by atoms with Crippen LogP contribution in [0, 0.1) is 0 Å². The molecule has 0 aliphatic heterocycles. The zero-order valence-corrected chi connectivity index (χ0v) is 13.4. The molecule has 0 fully saturated rings. The largest absolute Gasteiger partial charge is 0.294 e. The van der Waals surface area contributed by atoms with Crippen molar-refractivity contribution in [3.05, 3.63) is 77.6 Å². The highest BCUT2D eigenvalue weighted by molar-refractivity contribution is 6.20. The summed E-state index contributed by atoms with van der Waals surface area (Å²) in [4.78, 5) is 32.5. The van der Waals surface area contributed by atoms with Crippen LogP contribution in [0.4, 0.5) is 0 Å². The molecule has 0 bridgehead atoms. The van der Waals surface area contributed by atoms with E-state index in [-0.39, 0.29) is 17.3 Å². The summed E-state index contributed by atoms with van der Waals surface area (Å²) >= 11 is 0. The van der Waals surface area contributed by atoms with Crippen LogP contribution in [0.15, 0.2) is 66.8 Å². The SMILES string of the molecule is O=C1C=CC(=O)C=C1.O=C1CC=c2ccc3cccc4ccc1c2c43. The van der Waals surface area contributed by atoms with Gasteiger partial charge < -0.3 is 0 Å². The highest BCUT2D eigenvalue weighted by Crippen LogP contribution is 2.29. The Morgan fingerprint density at radius 3 is 1.88 bits per heavy atom. The van der Waals surface area contributed by atoms with Gasteiger partial charge in [-0.2, -0.15) is 0 Å². The van der Waals surface area contributed by atoms with Crippen molar-refractivity contribution in [1.29, 1.82) is 0 Å². The zero-order chi connectivity index (χ0) is 17.4. The Labute approximate surface area is 143 Å². The number of hydrogen-bond acceptors (Lipinski definition) is 3. The zero-order valence-electron chi connectivity index (χ0n) is 13.4. The van der Waals surface area contributed by atoms with Crippen LogP contribution in [0.3, 0.4) is 0 Å². The van der Waals surface area contributed by atoms with E-state index in [0.29, 0.717) is 6.42 Å². The standard InChI is InChI=1S/C16H10O.C6H4O2/c17-14-9-7-12-5-4-10-2-1-3-11-6-8-13(14)16(12)15(10)11;7-5-1-2-6(8)4-3-5/h1-8H,9H2;1-4H. The molecule has 0 heterocycles. The summed E-state index contributed by atoms with van der Waals surface area (Å²) in [5.74, 6) is -0.00930. The second-order valence-corrected chi connectivity index (χ2v) is 6.02. The Morgan fingerprint density at radius 2 is 1.24 bits per heavy atom. The van der Waals surface area contributed by atoms with E-state index < -0.39 is 0 Å². The van der Waals surface area contributed by atoms with Gasteiger partial charge in [0.1, 0.15) is 0 Å². The van der Waals surface area contributed by atoms with Crippen LogP contribution in [-0.4, -0.2) is 17.3 Å². The maximum atomic E-state index is 11.9. The lowest BCUT2D eigenvalue weighted by Crippen LogP contribution is -2.14. The minimum atomic E-state index is -0.121. The lowest BCUT2D eigenvalue weighted by Gasteiger charge is -2.13. The maximum Gasteiger partial charge on any atom is 0.178 e. The minimum Gasteiger partial charge on any atom is -0.294 e. The molecule has 3 nitrogen and oxygen atoms in total. The summed E-state index contributed by atoms with van der Waals surface area (Å²) in [5, 5.41) is 5.99. The summed E-state index contributed by atoms with van der Waals surface area (Å²) < 4.78 is 0. The molecular formula is C22H14O3. The van der Waals surface area contributed by atoms with Crippen LogP contribution in [0.1, 0.15) is 16.8 Å². The highest BCUT2D eigenvalue weighted by Gasteiger charge is 2.16. The molecule has 3 aromatic rings. The molecule has 120 valence electrons. The average Bonchev–Trinajstić information content (AvgIpc) is 2.64. The predicted octanol–water partition coefficient (Wildman–Crippen LogP) is 3.33. The second-order valence-electron chi connectivity index (χ2n) is 6.02. The average molecular weight is 326 g/mol. The number of rotatable bonds is 0. The van der Waals surface area contributed by atoms with Crippen molar-refractivity contribution in [3.8, 4) is 0 Å². The van der Waals surface area contributed by atoms with E-state index in [1.807, 2.05) is 12.1 Å². The molecule has 2 aliphatic carbocycles. The Bertz CT molecular complexity index is 1110. The molecule has 0 spiro atoms. The molecule has 5 rings (SSSR count). The van der Waals surface area contributed by atoms with Gasteiger partial charge in [-0.15, -0.1) is 0 Å². The lowest BCUT2D eigenvalue weighted by molar-refractivity contribution is -0.113. The fourth-order valence-electron chi connectivity index (χ4n) is 3.26. The monoisotopic (exact) mass is 326 g/mol. The first-order valence-corrected chi connectivity index (χ1v) is 8.05. The van der Waals surface area contributed by atoms with E-state index >= 15 is 0 Å². The lowest BCUT2D eigenvalue weighted by atomic mass is 9.89. The summed E-state index contributed by atoms with van der Waals surface area (Å²) in [6.07, 6.45) is 7.58. The third-order valence-corrected chi connectivity index (χ3v) is 4.44. The van der Waals surface area contributed by atoms with Gasteiger partial charge in [-0.1, -0.05) is 48.5 Å². The maximum absolute atomic E-state index is 11.9. The summed E-state index contributed by atoms with van der Waals surface area (Å²) in [6, 6.07) is 14.6. The van der Waals surface area contributed by atoms with E-state index in [2.05, 4.69) is 36.4 Å². The van der Waals surface area contributed by atoms with Crippen molar-refractivity contribution in [3.63, 3.8) is 0 Å². The van der Waals surface area contributed by atoms with Crippen LogP contribution in [0.2, 0.25) is 0 Å². The fourth-order valence-corrected chi connectivity index (χ4v) is 3.26. The quantitative estimate of drug-likeness (QED) is 0.596. The van der Waals surface area contributed by atoms with Gasteiger partial charge in [0.05, 0.1) is 0 Å². The van der Waals surface area contributed by atoms with E-state index in [0.717, 1.165) is 10.9 Å². The molecule has 0 atom stereocenters. The van der Waals surface area contributed by atoms with E-state index in [4.69, 9.17) is 0 Å². The first kappa shape index (κ1) is 15.2. The molecule has 0 amide bonds. The van der Waals surface area contributed by atoms with Gasteiger partial charge in [-0.25, -0.2) is 0 Å². The molecule has 3 heteroatoms. The number of ketones is 3. The summed E-state index contributed by atoms with van der Waals surface area (Å²) in [7, 11) is 0. The first-order chi connectivity index (χ1) is 12.1. The molecule has 0 N–H and O–H groups in total. The molecule has 3 aromatic carbocycles. The predicted molar refractivity (Wildman–Crippen MR) is 98.4 cm³/mol. The normalized spacial score (nSPS) is 15.3. The molecule has 0 radical (unpaired) electrons. The highest BCUT2D eigenvalue weighted by atomic mass is 16.1. The summed E-state index contributed by atoms with van der Waals surface area (Å²) in [5.41, 5.74) is 0.881. The van der Waals surface area contributed by atoms with Gasteiger partial charge in [0.25, 0.3) is 0 Å². The third-order valence-electron chi connectivity index (χ3n) is 4.44. The molecular weight excluding hydrogens is 312 g/mol. The second kappa shape index (κ2) is 5.95. The van der Waals surface area contributed by atoms with E-state index in [1.54, 1.807) is 0 Å². The van der Waals surface area contributed by atoms with Crippen molar-refractivity contribution < 1.29 is 14.4 Å². The summed E-state index contributed by atoms with van der Waals surface area (Å²) in [6.45, 7) is 0. The van der Waals surface area contributed by atoms with Crippen molar-refractivity contribution in [2.24, 2.45) is 0 Å². The molecule has 0 saturated heterocycles. The number of Topliss-reactive ketones (excluding diaryl/α,β-unsaturated/α-hetero) is 1. The minimum absolute atomic E-state index is 0.121. The molecule has 0 aromatic heterocycles. The molecule has 25 heavy (non-hydrogen) atoms. The Kier molecular flexibility index (Phi) is 3.62. The Balaban J connectivity index is 0.000000166. The molecule has 0 unspecified atom stereocenters. The first-order valence-electron chi connectivity index (χ1n) is 8.05. The fraction of sp³-hybridized carbons (Fsp3) is 0.0455. The number of benzene rings is 3. The smallest absolute Gasteiger partial charge is 0.178 e. The van der Waals surface area contributed by atoms with E-state index in [9.17, 15) is 14.4 Å². The van der Waals surface area contributed by atoms with Crippen LogP contribution in [0.25, 0.3) is 27.6 Å². The topological polar surface area (TPSA) is 51.2 Å². The van der Waals surface area contributed by atoms with Gasteiger partial charge in [0, 0.05) is 17.4 Å². The molecule has 2 aliphatic rings. The van der Waals surface area contributed by atoms with Crippen LogP contribution in [-0.2, 0) is 9.59 Å². The van der Waals surface area contributed by atoms with E-state index in [1.165, 1.54) is 45.7 Å². The van der Waals surface area contributed by atoms with Crippen molar-refractivity contribution >= 4 is 45.0 Å². The van der Waals surface area contributed by atoms with Crippen LogP contribution >= 0.6 is 0 Å². The van der Waals surface area contributed by atoms with Gasteiger partial charge in [-0.3, -0.25) is 14.4 Å².